The highest BCUT2D eigenvalue weighted by molar-refractivity contribution is 6.33. The lowest BCUT2D eigenvalue weighted by Crippen LogP contribution is -2.22. The summed E-state index contributed by atoms with van der Waals surface area (Å²) in [6.07, 6.45) is 1.49. The number of anilines is 1. The van der Waals surface area contributed by atoms with E-state index in [1.54, 1.807) is 44.6 Å². The minimum atomic E-state index is -0.446. The van der Waals surface area contributed by atoms with Crippen molar-refractivity contribution in [2.24, 2.45) is 0 Å². The van der Waals surface area contributed by atoms with Gasteiger partial charge in [-0.15, -0.1) is 0 Å². The molecule has 3 aromatic rings. The molecular formula is C20H19Cl2N3O4. The molecule has 152 valence electrons. The lowest BCUT2D eigenvalue weighted by Gasteiger charge is -2.16. The van der Waals surface area contributed by atoms with E-state index in [1.807, 2.05) is 6.07 Å². The molecule has 1 heterocycles. The van der Waals surface area contributed by atoms with Gasteiger partial charge in [0.1, 0.15) is 5.02 Å². The van der Waals surface area contributed by atoms with E-state index in [0.717, 1.165) is 5.56 Å². The maximum absolute atomic E-state index is 12.6. The minimum Gasteiger partial charge on any atom is -0.493 e. The fourth-order valence-corrected chi connectivity index (χ4v) is 3.14. The van der Waals surface area contributed by atoms with Crippen molar-refractivity contribution in [1.29, 1.82) is 0 Å². The van der Waals surface area contributed by atoms with Crippen molar-refractivity contribution in [1.82, 2.24) is 9.78 Å². The van der Waals surface area contributed by atoms with Gasteiger partial charge in [0.05, 0.1) is 38.9 Å². The van der Waals surface area contributed by atoms with Crippen LogP contribution < -0.4 is 25.1 Å². The molecule has 1 aromatic heterocycles. The molecule has 0 radical (unpaired) electrons. The first-order chi connectivity index (χ1) is 14.0. The van der Waals surface area contributed by atoms with Crippen molar-refractivity contribution >= 4 is 28.9 Å². The summed E-state index contributed by atoms with van der Waals surface area (Å²) < 4.78 is 17.4. The molecule has 0 saturated heterocycles. The van der Waals surface area contributed by atoms with Crippen molar-refractivity contribution in [3.8, 4) is 22.9 Å². The van der Waals surface area contributed by atoms with E-state index in [0.29, 0.717) is 40.2 Å². The number of aromatic nitrogens is 2. The highest BCUT2D eigenvalue weighted by Gasteiger charge is 2.17. The predicted molar refractivity (Wildman–Crippen MR) is 113 cm³/mol. The fraction of sp³-hybridized carbons (Fsp3) is 0.200. The topological polar surface area (TPSA) is 74.6 Å². The maximum atomic E-state index is 12.6. The van der Waals surface area contributed by atoms with Crippen LogP contribution in [0.15, 0.2) is 47.4 Å². The third-order valence-corrected chi connectivity index (χ3v) is 4.86. The molecule has 2 aromatic carbocycles. The highest BCUT2D eigenvalue weighted by Crippen LogP contribution is 2.40. The Morgan fingerprint density at radius 2 is 1.66 bits per heavy atom. The molecule has 1 N–H and O–H groups in total. The van der Waals surface area contributed by atoms with Crippen LogP contribution in [-0.2, 0) is 6.54 Å². The Labute approximate surface area is 177 Å². The van der Waals surface area contributed by atoms with Gasteiger partial charge in [0.25, 0.3) is 5.56 Å². The van der Waals surface area contributed by atoms with E-state index in [9.17, 15) is 4.79 Å². The predicted octanol–water partition coefficient (Wildman–Crippen LogP) is 4.18. The van der Waals surface area contributed by atoms with E-state index >= 15 is 0 Å². The van der Waals surface area contributed by atoms with Crippen molar-refractivity contribution < 1.29 is 14.2 Å². The van der Waals surface area contributed by atoms with E-state index in [1.165, 1.54) is 18.0 Å². The summed E-state index contributed by atoms with van der Waals surface area (Å²) in [6, 6.07) is 10.3. The Kier molecular flexibility index (Phi) is 6.51. The molecule has 29 heavy (non-hydrogen) atoms. The van der Waals surface area contributed by atoms with E-state index < -0.39 is 5.56 Å². The normalized spacial score (nSPS) is 10.5. The standard InChI is InChI=1S/C20H19Cl2N3O4/c1-27-16-9-4-12(18(28-2)19(16)29-3)10-23-15-11-24-25(20(26)17(15)22)14-7-5-13(21)6-8-14/h4-9,11,23H,10H2,1-3H3. The maximum Gasteiger partial charge on any atom is 0.292 e. The van der Waals surface area contributed by atoms with Gasteiger partial charge < -0.3 is 19.5 Å². The smallest absolute Gasteiger partial charge is 0.292 e. The molecule has 0 aliphatic rings. The summed E-state index contributed by atoms with van der Waals surface area (Å²) in [5.74, 6) is 1.56. The third-order valence-electron chi connectivity index (χ3n) is 4.25. The van der Waals surface area contributed by atoms with E-state index in [-0.39, 0.29) is 5.02 Å². The number of methoxy groups -OCH3 is 3. The molecule has 0 spiro atoms. The van der Waals surface area contributed by atoms with Crippen LogP contribution in [0.25, 0.3) is 5.69 Å². The molecule has 0 saturated carbocycles. The van der Waals surface area contributed by atoms with Gasteiger partial charge in [0, 0.05) is 17.1 Å². The van der Waals surface area contributed by atoms with Gasteiger partial charge >= 0.3 is 0 Å². The number of rotatable bonds is 7. The largest absolute Gasteiger partial charge is 0.493 e. The Hall–Kier alpha value is -2.90. The van der Waals surface area contributed by atoms with E-state index in [4.69, 9.17) is 37.4 Å². The number of nitrogens with one attached hydrogen (secondary N) is 1. The lowest BCUT2D eigenvalue weighted by atomic mass is 10.1. The van der Waals surface area contributed by atoms with Gasteiger partial charge in [0.15, 0.2) is 11.5 Å². The summed E-state index contributed by atoms with van der Waals surface area (Å²) >= 11 is 12.2. The number of halogens is 2. The Bertz CT molecular complexity index is 1070. The first kappa shape index (κ1) is 20.8. The molecule has 3 rings (SSSR count). The summed E-state index contributed by atoms with van der Waals surface area (Å²) in [4.78, 5) is 12.6. The number of nitrogens with zero attached hydrogens (tertiary/aromatic N) is 2. The highest BCUT2D eigenvalue weighted by atomic mass is 35.5. The molecule has 0 unspecified atom stereocenters. The zero-order valence-electron chi connectivity index (χ0n) is 16.0. The zero-order valence-corrected chi connectivity index (χ0v) is 17.5. The first-order valence-electron chi connectivity index (χ1n) is 8.55. The molecule has 0 amide bonds. The fourth-order valence-electron chi connectivity index (χ4n) is 2.82. The van der Waals surface area contributed by atoms with Crippen LogP contribution in [0.5, 0.6) is 17.2 Å². The van der Waals surface area contributed by atoms with Gasteiger partial charge in [-0.05, 0) is 36.4 Å². The SMILES string of the molecule is COc1ccc(CNc2cnn(-c3ccc(Cl)cc3)c(=O)c2Cl)c(OC)c1OC. The number of ether oxygens (including phenoxy) is 3. The van der Waals surface area contributed by atoms with Crippen molar-refractivity contribution in [2.45, 2.75) is 6.54 Å². The average Bonchev–Trinajstić information content (AvgIpc) is 2.74. The second-order valence-electron chi connectivity index (χ2n) is 5.91. The average molecular weight is 436 g/mol. The van der Waals surface area contributed by atoms with E-state index in [2.05, 4.69) is 10.4 Å². The molecule has 0 aliphatic heterocycles. The summed E-state index contributed by atoms with van der Waals surface area (Å²) in [5.41, 5.74) is 1.31. The number of hydrogen-bond acceptors (Lipinski definition) is 6. The van der Waals surface area contributed by atoms with Gasteiger partial charge in [0.2, 0.25) is 5.75 Å². The molecule has 7 nitrogen and oxygen atoms in total. The van der Waals surface area contributed by atoms with Crippen LogP contribution in [0.3, 0.4) is 0 Å². The second kappa shape index (κ2) is 9.07. The molecule has 0 atom stereocenters. The molecule has 0 aliphatic carbocycles. The van der Waals surface area contributed by atoms with Crippen molar-refractivity contribution in [2.75, 3.05) is 26.6 Å². The van der Waals surface area contributed by atoms with Crippen LogP contribution in [-0.4, -0.2) is 31.1 Å². The summed E-state index contributed by atoms with van der Waals surface area (Å²) in [6.45, 7) is 0.329. The third kappa shape index (κ3) is 4.26. The van der Waals surface area contributed by atoms with Crippen LogP contribution in [0.4, 0.5) is 5.69 Å². The molecular weight excluding hydrogens is 417 g/mol. The van der Waals surface area contributed by atoms with Gasteiger partial charge in [-0.2, -0.15) is 9.78 Å². The van der Waals surface area contributed by atoms with Crippen LogP contribution >= 0.6 is 23.2 Å². The zero-order chi connectivity index (χ0) is 21.0. The Morgan fingerprint density at radius 3 is 2.28 bits per heavy atom. The van der Waals surface area contributed by atoms with Crippen LogP contribution in [0.1, 0.15) is 5.56 Å². The quantitative estimate of drug-likeness (QED) is 0.599. The minimum absolute atomic E-state index is 0.0226. The molecule has 0 fully saturated rings. The van der Waals surface area contributed by atoms with Gasteiger partial charge in [-0.1, -0.05) is 23.2 Å². The second-order valence-corrected chi connectivity index (χ2v) is 6.73. The van der Waals surface area contributed by atoms with Crippen LogP contribution in [0, 0.1) is 0 Å². The van der Waals surface area contributed by atoms with Gasteiger partial charge in [-0.3, -0.25) is 4.79 Å². The summed E-state index contributed by atoms with van der Waals surface area (Å²) in [7, 11) is 4.63. The van der Waals surface area contributed by atoms with Gasteiger partial charge in [-0.25, -0.2) is 0 Å². The Morgan fingerprint density at radius 1 is 0.966 bits per heavy atom. The molecule has 0 bridgehead atoms. The number of benzene rings is 2. The molecule has 9 heteroatoms. The monoisotopic (exact) mass is 435 g/mol. The summed E-state index contributed by atoms with van der Waals surface area (Å²) in [5, 5.41) is 7.90. The van der Waals surface area contributed by atoms with Crippen molar-refractivity contribution in [3.05, 3.63) is 68.6 Å². The first-order valence-corrected chi connectivity index (χ1v) is 9.31. The lowest BCUT2D eigenvalue weighted by molar-refractivity contribution is 0.322. The van der Waals surface area contributed by atoms with Crippen molar-refractivity contribution in [3.63, 3.8) is 0 Å². The Balaban J connectivity index is 1.88. The van der Waals surface area contributed by atoms with Crippen LogP contribution in [0.2, 0.25) is 10.0 Å². The number of hydrogen-bond donors (Lipinski definition) is 1.